The number of carbonyl (C=O) groups excluding carboxylic acids is 3. The van der Waals surface area contributed by atoms with Crippen LogP contribution < -0.4 is 11.3 Å². The standard InChI is InChI=1S/C31H25FN2O8/c32-31(42-29(38)23-16-8-3-9-17-23)25(40-28(37)22-14-6-2-7-15-22)26(34-19-11-10-18-24(34)35)41-30(31,33)20-39-27(36)21-12-4-1-5-13-21/h1-19,25-26H,20,33H2/t25-,26+,30+,31-/m0/s1. The highest BCUT2D eigenvalue weighted by Gasteiger charge is 2.72. The number of hydrogen-bond donors (Lipinski definition) is 1. The first-order chi connectivity index (χ1) is 20.2. The molecule has 5 rings (SSSR count). The number of nitrogens with zero attached hydrogens (tertiary/aromatic N) is 1. The van der Waals surface area contributed by atoms with Gasteiger partial charge < -0.3 is 18.9 Å². The molecule has 0 amide bonds. The molecule has 1 aliphatic heterocycles. The van der Waals surface area contributed by atoms with E-state index < -0.39 is 54.0 Å². The topological polar surface area (TPSA) is 136 Å². The van der Waals surface area contributed by atoms with E-state index >= 15 is 4.39 Å². The molecule has 2 N–H and O–H groups in total. The van der Waals surface area contributed by atoms with Crippen molar-refractivity contribution in [3.63, 3.8) is 0 Å². The summed E-state index contributed by atoms with van der Waals surface area (Å²) in [5.41, 5.74) is 3.13. The average molecular weight is 573 g/mol. The lowest BCUT2D eigenvalue weighted by Crippen LogP contribution is -2.64. The Hall–Kier alpha value is -5.13. The number of aromatic nitrogens is 1. The van der Waals surface area contributed by atoms with Crippen LogP contribution in [-0.2, 0) is 18.9 Å². The zero-order chi connectivity index (χ0) is 29.7. The average Bonchev–Trinajstić information content (AvgIpc) is 3.23. The number of esters is 3. The molecular weight excluding hydrogens is 547 g/mol. The Balaban J connectivity index is 1.57. The van der Waals surface area contributed by atoms with Crippen molar-refractivity contribution in [2.45, 2.75) is 23.9 Å². The second-order valence-electron chi connectivity index (χ2n) is 9.38. The highest BCUT2D eigenvalue weighted by Crippen LogP contribution is 2.47. The predicted octanol–water partition coefficient (Wildman–Crippen LogP) is 3.64. The van der Waals surface area contributed by atoms with E-state index in [1.54, 1.807) is 42.5 Å². The first-order valence-electron chi connectivity index (χ1n) is 12.8. The number of carbonyl (C=O) groups is 3. The number of pyridine rings is 1. The van der Waals surface area contributed by atoms with Crippen LogP contribution >= 0.6 is 0 Å². The van der Waals surface area contributed by atoms with Gasteiger partial charge in [0.05, 0.1) is 16.7 Å². The molecule has 1 fully saturated rings. The quantitative estimate of drug-likeness (QED) is 0.248. The fourth-order valence-electron chi connectivity index (χ4n) is 4.40. The maximum atomic E-state index is 17.5. The fourth-order valence-corrected chi connectivity index (χ4v) is 4.40. The van der Waals surface area contributed by atoms with Crippen LogP contribution in [0, 0.1) is 0 Å². The summed E-state index contributed by atoms with van der Waals surface area (Å²) in [5, 5.41) is 0. The van der Waals surface area contributed by atoms with Crippen LogP contribution in [0.1, 0.15) is 37.3 Å². The van der Waals surface area contributed by atoms with Gasteiger partial charge in [0.25, 0.3) is 5.56 Å². The Morgan fingerprint density at radius 1 is 0.762 bits per heavy atom. The Kier molecular flexibility index (Phi) is 7.96. The van der Waals surface area contributed by atoms with Gasteiger partial charge in [0.1, 0.15) is 6.61 Å². The number of benzene rings is 3. The minimum absolute atomic E-state index is 0.0402. The zero-order valence-electron chi connectivity index (χ0n) is 22.0. The lowest BCUT2D eigenvalue weighted by Gasteiger charge is -2.35. The summed E-state index contributed by atoms with van der Waals surface area (Å²) in [6.07, 6.45) is -2.60. The van der Waals surface area contributed by atoms with Gasteiger partial charge >= 0.3 is 23.8 Å². The van der Waals surface area contributed by atoms with Crippen molar-refractivity contribution in [1.82, 2.24) is 4.57 Å². The van der Waals surface area contributed by atoms with Gasteiger partial charge in [0, 0.05) is 12.3 Å². The summed E-state index contributed by atoms with van der Waals surface area (Å²) >= 11 is 0. The van der Waals surface area contributed by atoms with Crippen LogP contribution in [0.3, 0.4) is 0 Å². The zero-order valence-corrected chi connectivity index (χ0v) is 22.0. The number of nitrogens with two attached hydrogens (primary N) is 1. The van der Waals surface area contributed by atoms with Gasteiger partial charge in [0.2, 0.25) is 11.8 Å². The molecule has 4 aromatic rings. The van der Waals surface area contributed by atoms with Crippen LogP contribution in [0.4, 0.5) is 4.39 Å². The Morgan fingerprint density at radius 3 is 1.81 bits per heavy atom. The number of halogens is 1. The number of hydrogen-bond acceptors (Lipinski definition) is 9. The van der Waals surface area contributed by atoms with Crippen molar-refractivity contribution in [2.24, 2.45) is 5.73 Å². The van der Waals surface area contributed by atoms with Gasteiger partial charge in [-0.15, -0.1) is 0 Å². The monoisotopic (exact) mass is 572 g/mol. The molecule has 0 unspecified atom stereocenters. The van der Waals surface area contributed by atoms with Gasteiger partial charge in [-0.05, 0) is 42.5 Å². The Labute approximate surface area is 239 Å². The first-order valence-corrected chi connectivity index (χ1v) is 12.8. The molecule has 0 bridgehead atoms. The van der Waals surface area contributed by atoms with E-state index in [1.165, 1.54) is 72.9 Å². The molecule has 10 nitrogen and oxygen atoms in total. The molecular formula is C31H25FN2O8. The van der Waals surface area contributed by atoms with Crippen molar-refractivity contribution in [3.8, 4) is 0 Å². The third-order valence-electron chi connectivity index (χ3n) is 6.58. The minimum atomic E-state index is -3.47. The molecule has 0 radical (unpaired) electrons. The molecule has 2 heterocycles. The molecule has 4 atom stereocenters. The van der Waals surface area contributed by atoms with Crippen molar-refractivity contribution in [1.29, 1.82) is 0 Å². The third-order valence-corrected chi connectivity index (χ3v) is 6.58. The van der Waals surface area contributed by atoms with Gasteiger partial charge in [-0.3, -0.25) is 15.1 Å². The summed E-state index contributed by atoms with van der Waals surface area (Å²) in [5.74, 6) is -6.53. The molecule has 11 heteroatoms. The van der Waals surface area contributed by atoms with E-state index in [4.69, 9.17) is 24.7 Å². The first kappa shape index (κ1) is 28.4. The van der Waals surface area contributed by atoms with Gasteiger partial charge in [-0.2, -0.15) is 4.39 Å². The lowest BCUT2D eigenvalue weighted by atomic mass is 10.0. The van der Waals surface area contributed by atoms with Crippen LogP contribution in [-0.4, -0.2) is 46.8 Å². The minimum Gasteiger partial charge on any atom is -0.457 e. The molecule has 0 spiro atoms. The van der Waals surface area contributed by atoms with E-state index in [-0.39, 0.29) is 16.7 Å². The summed E-state index contributed by atoms with van der Waals surface area (Å²) in [7, 11) is 0. The van der Waals surface area contributed by atoms with Gasteiger partial charge in [-0.1, -0.05) is 60.7 Å². The second kappa shape index (κ2) is 11.8. The van der Waals surface area contributed by atoms with Gasteiger partial charge in [0.15, 0.2) is 6.23 Å². The highest BCUT2D eigenvalue weighted by molar-refractivity contribution is 5.91. The number of alkyl halides is 1. The number of ether oxygens (including phenoxy) is 4. The van der Waals surface area contributed by atoms with Crippen molar-refractivity contribution in [3.05, 3.63) is 142 Å². The SMILES string of the molecule is N[C@]1(COC(=O)c2ccccc2)O[C@@H](n2ccccc2=O)[C@H](OC(=O)c2ccccc2)[C@]1(F)OC(=O)c1ccccc1. The van der Waals surface area contributed by atoms with E-state index in [2.05, 4.69) is 0 Å². The van der Waals surface area contributed by atoms with E-state index in [9.17, 15) is 19.2 Å². The lowest BCUT2D eigenvalue weighted by molar-refractivity contribution is -0.231. The fraction of sp³-hybridized carbons (Fsp3) is 0.161. The maximum absolute atomic E-state index is 17.5. The smallest absolute Gasteiger partial charge is 0.341 e. The van der Waals surface area contributed by atoms with Crippen molar-refractivity contribution in [2.75, 3.05) is 6.61 Å². The summed E-state index contributed by atoms with van der Waals surface area (Å²) < 4.78 is 40.5. The van der Waals surface area contributed by atoms with E-state index in [0.29, 0.717) is 0 Å². The molecule has 1 aromatic heterocycles. The highest BCUT2D eigenvalue weighted by atomic mass is 19.2. The van der Waals surface area contributed by atoms with Crippen molar-refractivity contribution < 1.29 is 37.7 Å². The Bertz CT molecular complexity index is 1630. The third kappa shape index (κ3) is 5.55. The summed E-state index contributed by atoms with van der Waals surface area (Å²) in [6, 6.07) is 27.0. The molecule has 0 saturated carbocycles. The molecule has 1 saturated heterocycles. The molecule has 1 aliphatic rings. The van der Waals surface area contributed by atoms with Crippen LogP contribution in [0.5, 0.6) is 0 Å². The Morgan fingerprint density at radius 2 is 1.26 bits per heavy atom. The van der Waals surface area contributed by atoms with Crippen LogP contribution in [0.15, 0.2) is 120 Å². The molecule has 3 aromatic carbocycles. The normalized spacial score (nSPS) is 23.1. The van der Waals surface area contributed by atoms with E-state index in [0.717, 1.165) is 4.57 Å². The van der Waals surface area contributed by atoms with E-state index in [1.807, 2.05) is 0 Å². The summed E-state index contributed by atoms with van der Waals surface area (Å²) in [6.45, 7) is -0.989. The maximum Gasteiger partial charge on any atom is 0.341 e. The predicted molar refractivity (Wildman–Crippen MR) is 146 cm³/mol. The van der Waals surface area contributed by atoms with Crippen LogP contribution in [0.2, 0.25) is 0 Å². The summed E-state index contributed by atoms with van der Waals surface area (Å²) in [4.78, 5) is 51.9. The number of rotatable bonds is 8. The van der Waals surface area contributed by atoms with Crippen LogP contribution in [0.25, 0.3) is 0 Å². The molecule has 42 heavy (non-hydrogen) atoms. The van der Waals surface area contributed by atoms with Crippen molar-refractivity contribution >= 4 is 17.9 Å². The molecule has 0 aliphatic carbocycles. The second-order valence-corrected chi connectivity index (χ2v) is 9.38. The largest absolute Gasteiger partial charge is 0.457 e. The molecule has 214 valence electrons. The van der Waals surface area contributed by atoms with Gasteiger partial charge in [-0.25, -0.2) is 14.4 Å².